The lowest BCUT2D eigenvalue weighted by Crippen LogP contribution is -2.49. The van der Waals surface area contributed by atoms with Crippen molar-refractivity contribution < 1.29 is 9.59 Å². The Bertz CT molecular complexity index is 487. The molecule has 0 radical (unpaired) electrons. The highest BCUT2D eigenvalue weighted by Crippen LogP contribution is 2.33. The molecule has 1 aliphatic rings. The first kappa shape index (κ1) is 14.8. The number of carbonyl (C=O) groups excluding carboxylic acids is 2. The summed E-state index contributed by atoms with van der Waals surface area (Å²) in [5.74, 6) is -0.144. The lowest BCUT2D eigenvalue weighted by molar-refractivity contribution is -0.123. The van der Waals surface area contributed by atoms with E-state index in [-0.39, 0.29) is 11.9 Å². The largest absolute Gasteiger partial charge is 0.352 e. The van der Waals surface area contributed by atoms with E-state index in [1.165, 1.54) is 10.4 Å². The molecule has 0 aliphatic heterocycles. The molecule has 3 amide bonds. The maximum Gasteiger partial charge on any atom is 0.312 e. The second kappa shape index (κ2) is 6.74. The Morgan fingerprint density at radius 1 is 1.55 bits per heavy atom. The third-order valence-electron chi connectivity index (χ3n) is 3.58. The zero-order valence-corrected chi connectivity index (χ0v) is 12.5. The molecule has 20 heavy (non-hydrogen) atoms. The molecule has 2 atom stereocenters. The Labute approximate surface area is 122 Å². The third kappa shape index (κ3) is 3.50. The molecule has 0 bridgehead atoms. The molecule has 0 spiro atoms. The highest BCUT2D eigenvalue weighted by molar-refractivity contribution is 7.10. The number of nitrogens with two attached hydrogens (primary N) is 1. The predicted molar refractivity (Wildman–Crippen MR) is 79.6 cm³/mol. The minimum atomic E-state index is -0.654. The van der Waals surface area contributed by atoms with E-state index >= 15 is 0 Å². The number of primary amides is 1. The molecule has 5 nitrogen and oxygen atoms in total. The predicted octanol–water partition coefficient (Wildman–Crippen LogP) is 2.08. The van der Waals surface area contributed by atoms with Gasteiger partial charge in [0.25, 0.3) is 0 Å². The quantitative estimate of drug-likeness (QED) is 0.777. The van der Waals surface area contributed by atoms with Crippen LogP contribution < -0.4 is 16.4 Å². The summed E-state index contributed by atoms with van der Waals surface area (Å²) in [5.41, 5.74) is 6.35. The highest BCUT2D eigenvalue weighted by Gasteiger charge is 2.26. The van der Waals surface area contributed by atoms with E-state index in [2.05, 4.69) is 22.1 Å². The lowest BCUT2D eigenvalue weighted by Gasteiger charge is -2.26. The highest BCUT2D eigenvalue weighted by atomic mass is 32.1. The van der Waals surface area contributed by atoms with Crippen LogP contribution in [0.5, 0.6) is 0 Å². The van der Waals surface area contributed by atoms with Gasteiger partial charge in [0.15, 0.2) is 0 Å². The molecule has 1 unspecified atom stereocenters. The summed E-state index contributed by atoms with van der Waals surface area (Å²) in [7, 11) is 0. The molecule has 0 saturated heterocycles. The molecule has 0 aromatic carbocycles. The van der Waals surface area contributed by atoms with E-state index in [0.29, 0.717) is 6.42 Å². The van der Waals surface area contributed by atoms with Crippen LogP contribution in [0.1, 0.15) is 49.1 Å². The normalized spacial score (nSPS) is 18.9. The van der Waals surface area contributed by atoms with Crippen LogP contribution in [0.15, 0.2) is 11.4 Å². The second-order valence-electron chi connectivity index (χ2n) is 5.10. The minimum Gasteiger partial charge on any atom is -0.352 e. The molecule has 4 N–H and O–H groups in total. The van der Waals surface area contributed by atoms with Gasteiger partial charge >= 0.3 is 6.03 Å². The Morgan fingerprint density at radius 2 is 2.35 bits per heavy atom. The van der Waals surface area contributed by atoms with Gasteiger partial charge < -0.3 is 16.4 Å². The number of aryl methyl sites for hydroxylation is 1. The SMILES string of the molecule is CCC[C@@H](NC(N)=O)C(=O)NC1CCCc2sccc21. The Hall–Kier alpha value is -1.56. The van der Waals surface area contributed by atoms with E-state index in [1.807, 2.05) is 6.92 Å². The van der Waals surface area contributed by atoms with Gasteiger partial charge in [-0.25, -0.2) is 4.79 Å². The fourth-order valence-corrected chi connectivity index (χ4v) is 3.63. The summed E-state index contributed by atoms with van der Waals surface area (Å²) in [6, 6.07) is 0.951. The van der Waals surface area contributed by atoms with E-state index in [4.69, 9.17) is 5.73 Å². The molecule has 1 aromatic rings. The standard InChI is InChI=1S/C14H21N3O2S/c1-2-4-11(17-14(15)19)13(18)16-10-5-3-6-12-9(10)7-8-20-12/h7-8,10-11H,2-6H2,1H3,(H,16,18)(H3,15,17,19)/t10?,11-/m1/s1. The molecule has 0 fully saturated rings. The summed E-state index contributed by atoms with van der Waals surface area (Å²) in [6.07, 6.45) is 4.53. The van der Waals surface area contributed by atoms with Gasteiger partial charge in [0.1, 0.15) is 6.04 Å². The lowest BCUT2D eigenvalue weighted by atomic mass is 9.93. The Balaban J connectivity index is 2.02. The van der Waals surface area contributed by atoms with Crippen LogP contribution in [-0.2, 0) is 11.2 Å². The van der Waals surface area contributed by atoms with E-state index in [0.717, 1.165) is 25.7 Å². The molecule has 1 aromatic heterocycles. The fourth-order valence-electron chi connectivity index (χ4n) is 2.64. The summed E-state index contributed by atoms with van der Waals surface area (Å²) < 4.78 is 0. The number of carbonyl (C=O) groups is 2. The van der Waals surface area contributed by atoms with Gasteiger partial charge in [0.2, 0.25) is 5.91 Å². The maximum atomic E-state index is 12.3. The van der Waals surface area contributed by atoms with Crippen LogP contribution in [-0.4, -0.2) is 18.0 Å². The van der Waals surface area contributed by atoms with E-state index < -0.39 is 12.1 Å². The summed E-state index contributed by atoms with van der Waals surface area (Å²) in [6.45, 7) is 1.97. The number of thiophene rings is 1. The fraction of sp³-hybridized carbons (Fsp3) is 0.571. The number of rotatable bonds is 5. The number of hydrogen-bond acceptors (Lipinski definition) is 3. The van der Waals surface area contributed by atoms with Crippen LogP contribution in [0.25, 0.3) is 0 Å². The summed E-state index contributed by atoms with van der Waals surface area (Å²) in [4.78, 5) is 24.6. The van der Waals surface area contributed by atoms with Crippen LogP contribution in [0.4, 0.5) is 4.79 Å². The van der Waals surface area contributed by atoms with Gasteiger partial charge in [0, 0.05) is 4.88 Å². The van der Waals surface area contributed by atoms with Crippen LogP contribution in [0, 0.1) is 0 Å². The van der Waals surface area contributed by atoms with Crippen LogP contribution in [0.3, 0.4) is 0 Å². The first-order valence-electron chi connectivity index (χ1n) is 7.04. The molecule has 0 saturated carbocycles. The molecular weight excluding hydrogens is 274 g/mol. The number of urea groups is 1. The van der Waals surface area contributed by atoms with Crippen molar-refractivity contribution in [1.29, 1.82) is 0 Å². The third-order valence-corrected chi connectivity index (χ3v) is 4.58. The number of amides is 3. The molecule has 1 heterocycles. The molecule has 1 aliphatic carbocycles. The average molecular weight is 295 g/mol. The Kier molecular flexibility index (Phi) is 5.00. The second-order valence-corrected chi connectivity index (χ2v) is 6.10. The zero-order valence-electron chi connectivity index (χ0n) is 11.6. The van der Waals surface area contributed by atoms with Crippen molar-refractivity contribution >= 4 is 23.3 Å². The first-order chi connectivity index (χ1) is 9.61. The van der Waals surface area contributed by atoms with Crippen molar-refractivity contribution in [3.8, 4) is 0 Å². The number of hydrogen-bond donors (Lipinski definition) is 3. The summed E-state index contributed by atoms with van der Waals surface area (Å²) >= 11 is 1.74. The number of nitrogens with one attached hydrogen (secondary N) is 2. The molecule has 6 heteroatoms. The first-order valence-corrected chi connectivity index (χ1v) is 7.92. The van der Waals surface area contributed by atoms with Crippen molar-refractivity contribution in [2.75, 3.05) is 0 Å². The van der Waals surface area contributed by atoms with Crippen LogP contribution in [0.2, 0.25) is 0 Å². The zero-order chi connectivity index (χ0) is 14.5. The van der Waals surface area contributed by atoms with E-state index in [9.17, 15) is 9.59 Å². The van der Waals surface area contributed by atoms with Gasteiger partial charge in [-0.1, -0.05) is 13.3 Å². The minimum absolute atomic E-state index is 0.0616. The average Bonchev–Trinajstić information content (AvgIpc) is 2.87. The molecular formula is C14H21N3O2S. The van der Waals surface area contributed by atoms with Crippen molar-refractivity contribution in [2.45, 2.75) is 51.1 Å². The van der Waals surface area contributed by atoms with Crippen LogP contribution >= 0.6 is 11.3 Å². The number of fused-ring (bicyclic) bond motifs is 1. The molecule has 110 valence electrons. The van der Waals surface area contributed by atoms with Crippen molar-refractivity contribution in [3.05, 3.63) is 21.9 Å². The Morgan fingerprint density at radius 3 is 3.05 bits per heavy atom. The molecule has 2 rings (SSSR count). The van der Waals surface area contributed by atoms with E-state index in [1.54, 1.807) is 11.3 Å². The van der Waals surface area contributed by atoms with Gasteiger partial charge in [-0.15, -0.1) is 11.3 Å². The van der Waals surface area contributed by atoms with Gasteiger partial charge in [-0.3, -0.25) is 4.79 Å². The van der Waals surface area contributed by atoms with Crippen molar-refractivity contribution in [2.24, 2.45) is 5.73 Å². The maximum absolute atomic E-state index is 12.3. The summed E-state index contributed by atoms with van der Waals surface area (Å²) in [5, 5.41) is 7.64. The smallest absolute Gasteiger partial charge is 0.312 e. The van der Waals surface area contributed by atoms with Crippen molar-refractivity contribution in [3.63, 3.8) is 0 Å². The van der Waals surface area contributed by atoms with Gasteiger partial charge in [-0.2, -0.15) is 0 Å². The van der Waals surface area contributed by atoms with Crippen molar-refractivity contribution in [1.82, 2.24) is 10.6 Å². The van der Waals surface area contributed by atoms with Gasteiger partial charge in [0.05, 0.1) is 6.04 Å². The topological polar surface area (TPSA) is 84.2 Å². The monoisotopic (exact) mass is 295 g/mol. The van der Waals surface area contributed by atoms with Gasteiger partial charge in [-0.05, 0) is 42.7 Å².